The maximum absolute atomic E-state index is 13.4. The van der Waals surface area contributed by atoms with Crippen LogP contribution in [-0.2, 0) is 9.59 Å². The first-order valence-electron chi connectivity index (χ1n) is 14.8. The van der Waals surface area contributed by atoms with E-state index in [-0.39, 0.29) is 12.3 Å². The Kier molecular flexibility index (Phi) is 12.2. The van der Waals surface area contributed by atoms with Gasteiger partial charge in [0.05, 0.1) is 10.6 Å². The number of carbonyl (C=O) groups excluding carboxylic acids is 1. The number of hydrogen-bond donors (Lipinski definition) is 1. The number of aliphatic carboxylic acids is 1. The Morgan fingerprint density at radius 3 is 2.42 bits per heavy atom. The number of para-hydroxylation sites is 1. The minimum atomic E-state index is -0.719. The molecule has 0 radical (unpaired) electrons. The Morgan fingerprint density at radius 1 is 1.05 bits per heavy atom. The summed E-state index contributed by atoms with van der Waals surface area (Å²) >= 11 is 6.95. The van der Waals surface area contributed by atoms with E-state index in [1.165, 1.54) is 11.8 Å². The number of benzene rings is 2. The lowest BCUT2D eigenvalue weighted by atomic mass is 10.0. The molecule has 0 atom stereocenters. The van der Waals surface area contributed by atoms with Crippen molar-refractivity contribution in [3.63, 3.8) is 0 Å². The van der Waals surface area contributed by atoms with Gasteiger partial charge in [0.2, 0.25) is 0 Å². The van der Waals surface area contributed by atoms with E-state index in [9.17, 15) is 9.59 Å². The number of carbonyl (C=O) groups is 2. The van der Waals surface area contributed by atoms with Gasteiger partial charge in [-0.1, -0.05) is 93.4 Å². The molecule has 0 aliphatic carbocycles. The molecule has 43 heavy (non-hydrogen) atoms. The number of hydrogen-bond acceptors (Lipinski definition) is 6. The number of unbranched alkanes of at least 4 members (excludes halogenated alkanes) is 7. The van der Waals surface area contributed by atoms with Crippen LogP contribution in [0.2, 0.25) is 0 Å². The largest absolute Gasteiger partial charge is 0.489 e. The molecular weight excluding hydrogens is 579 g/mol. The highest BCUT2D eigenvalue weighted by Gasteiger charge is 2.32. The minimum Gasteiger partial charge on any atom is -0.489 e. The molecule has 1 saturated heterocycles. The van der Waals surface area contributed by atoms with Gasteiger partial charge in [0.15, 0.2) is 0 Å². The van der Waals surface area contributed by atoms with Crippen molar-refractivity contribution in [2.24, 2.45) is 0 Å². The summed E-state index contributed by atoms with van der Waals surface area (Å²) in [5.74, 6) is 0.0177. The minimum absolute atomic E-state index is 0.0591. The summed E-state index contributed by atoms with van der Waals surface area (Å²) in [6.45, 7) is 6.78. The first-order valence-corrected chi connectivity index (χ1v) is 16.1. The van der Waals surface area contributed by atoms with E-state index in [0.717, 1.165) is 85.2 Å². The number of aryl methyl sites for hydroxylation is 1. The number of thioether (sulfide) groups is 1. The molecule has 1 fully saturated rings. The summed E-state index contributed by atoms with van der Waals surface area (Å²) in [5.41, 5.74) is 4.46. The maximum Gasteiger partial charge on any atom is 0.303 e. The second-order valence-electron chi connectivity index (χ2n) is 10.6. The van der Waals surface area contributed by atoms with Crippen molar-refractivity contribution in [1.82, 2.24) is 14.7 Å². The molecule has 4 rings (SSSR count). The van der Waals surface area contributed by atoms with Crippen LogP contribution in [-0.4, -0.2) is 49.1 Å². The highest BCUT2D eigenvalue weighted by molar-refractivity contribution is 8.26. The van der Waals surface area contributed by atoms with Crippen LogP contribution in [0.1, 0.15) is 68.9 Å². The van der Waals surface area contributed by atoms with Gasteiger partial charge in [0.1, 0.15) is 22.4 Å². The number of amides is 1. The fraction of sp³-hybridized carbons (Fsp3) is 0.353. The van der Waals surface area contributed by atoms with Gasteiger partial charge in [-0.15, -0.1) is 0 Å². The van der Waals surface area contributed by atoms with Crippen LogP contribution in [0, 0.1) is 6.92 Å². The van der Waals surface area contributed by atoms with Gasteiger partial charge < -0.3 is 9.84 Å². The first-order chi connectivity index (χ1) is 20.9. The lowest BCUT2D eigenvalue weighted by Gasteiger charge is -2.14. The van der Waals surface area contributed by atoms with Crippen LogP contribution in [0.3, 0.4) is 0 Å². The number of aromatic nitrogens is 2. The highest BCUT2D eigenvalue weighted by Crippen LogP contribution is 2.36. The molecule has 9 heteroatoms. The lowest BCUT2D eigenvalue weighted by Crippen LogP contribution is -2.29. The number of rotatable bonds is 17. The van der Waals surface area contributed by atoms with Gasteiger partial charge in [0, 0.05) is 30.3 Å². The van der Waals surface area contributed by atoms with Gasteiger partial charge in [-0.3, -0.25) is 14.5 Å². The van der Waals surface area contributed by atoms with Crippen molar-refractivity contribution in [2.45, 2.75) is 64.7 Å². The summed E-state index contributed by atoms with van der Waals surface area (Å²) in [6, 6.07) is 15.9. The first kappa shape index (κ1) is 32.2. The third kappa shape index (κ3) is 9.15. The Hall–Kier alpha value is -3.69. The van der Waals surface area contributed by atoms with Crippen molar-refractivity contribution in [3.05, 3.63) is 83.4 Å². The zero-order valence-corrected chi connectivity index (χ0v) is 26.3. The van der Waals surface area contributed by atoms with E-state index >= 15 is 0 Å². The number of ether oxygens (including phenoxy) is 1. The summed E-state index contributed by atoms with van der Waals surface area (Å²) in [5, 5.41) is 13.6. The molecule has 0 spiro atoms. The van der Waals surface area contributed by atoms with E-state index in [1.807, 2.05) is 66.3 Å². The quantitative estimate of drug-likeness (QED) is 0.0707. The molecule has 2 aromatic carbocycles. The second-order valence-corrected chi connectivity index (χ2v) is 12.3. The normalized spacial score (nSPS) is 14.1. The molecular formula is C34H39N3O4S2. The van der Waals surface area contributed by atoms with Crippen molar-refractivity contribution < 1.29 is 19.4 Å². The standard InChI is InChI=1S/C34H39N3O4S2/c1-3-21-41-29-19-18-26(22-25(29)2)32-27(24-37(35-32)28-15-11-10-12-16-28)23-30-33(40)36(34(42)43-30)20-14-9-7-5-4-6-8-13-17-31(38)39/h3,10-12,15-16,18-19,22-24H,1,4-9,13-14,17,20-21H2,2H3,(H,38,39). The molecule has 1 aliphatic heterocycles. The van der Waals surface area contributed by atoms with Crippen molar-refractivity contribution in [1.29, 1.82) is 0 Å². The predicted octanol–water partition coefficient (Wildman–Crippen LogP) is 8.21. The molecule has 1 N–H and O–H groups in total. The third-order valence-corrected chi connectivity index (χ3v) is 8.63. The average molecular weight is 618 g/mol. The van der Waals surface area contributed by atoms with Crippen LogP contribution in [0.25, 0.3) is 23.0 Å². The zero-order valence-electron chi connectivity index (χ0n) is 24.7. The molecule has 2 heterocycles. The van der Waals surface area contributed by atoms with Gasteiger partial charge >= 0.3 is 5.97 Å². The van der Waals surface area contributed by atoms with E-state index in [4.69, 9.17) is 27.2 Å². The summed E-state index contributed by atoms with van der Waals surface area (Å²) in [4.78, 5) is 26.3. The van der Waals surface area contributed by atoms with Crippen molar-refractivity contribution in [3.8, 4) is 22.7 Å². The van der Waals surface area contributed by atoms with Crippen LogP contribution >= 0.6 is 24.0 Å². The van der Waals surface area contributed by atoms with Gasteiger partial charge in [-0.2, -0.15) is 5.10 Å². The number of nitrogens with zero attached hydrogens (tertiary/aromatic N) is 3. The lowest BCUT2D eigenvalue weighted by molar-refractivity contribution is -0.137. The molecule has 1 amide bonds. The van der Waals surface area contributed by atoms with Gasteiger partial charge in [0.25, 0.3) is 5.91 Å². The Balaban J connectivity index is 1.42. The van der Waals surface area contributed by atoms with Crippen LogP contribution < -0.4 is 4.74 Å². The average Bonchev–Trinajstić information content (AvgIpc) is 3.53. The van der Waals surface area contributed by atoms with Crippen LogP contribution in [0.15, 0.2) is 72.3 Å². The monoisotopic (exact) mass is 617 g/mol. The topological polar surface area (TPSA) is 84.7 Å². The Bertz CT molecular complexity index is 1470. The molecule has 0 bridgehead atoms. The van der Waals surface area contributed by atoms with E-state index < -0.39 is 5.97 Å². The summed E-state index contributed by atoms with van der Waals surface area (Å²) in [7, 11) is 0. The van der Waals surface area contributed by atoms with Crippen LogP contribution in [0.4, 0.5) is 0 Å². The van der Waals surface area contributed by atoms with E-state index in [1.54, 1.807) is 11.0 Å². The SMILES string of the molecule is C=CCOc1ccc(-c2nn(-c3ccccc3)cc2C=C2SC(=S)N(CCCCCCCCCCC(=O)O)C2=O)cc1C. The number of thiocarbonyl (C=S) groups is 1. The Labute approximate surface area is 263 Å². The maximum atomic E-state index is 13.4. The molecule has 0 saturated carbocycles. The van der Waals surface area contributed by atoms with Gasteiger partial charge in [-0.05, 0) is 61.7 Å². The number of carboxylic acid groups (broad SMARTS) is 1. The third-order valence-electron chi connectivity index (χ3n) is 7.25. The molecule has 3 aromatic rings. The highest BCUT2D eigenvalue weighted by atomic mass is 32.2. The predicted molar refractivity (Wildman–Crippen MR) is 178 cm³/mol. The van der Waals surface area contributed by atoms with Crippen LogP contribution in [0.5, 0.6) is 5.75 Å². The van der Waals surface area contributed by atoms with E-state index in [0.29, 0.717) is 22.4 Å². The van der Waals surface area contributed by atoms with Crippen molar-refractivity contribution in [2.75, 3.05) is 13.2 Å². The van der Waals surface area contributed by atoms with Crippen molar-refractivity contribution >= 4 is 46.3 Å². The second kappa shape index (κ2) is 16.2. The zero-order chi connectivity index (χ0) is 30.6. The molecule has 226 valence electrons. The number of carboxylic acids is 1. The fourth-order valence-corrected chi connectivity index (χ4v) is 6.28. The smallest absolute Gasteiger partial charge is 0.303 e. The Morgan fingerprint density at radius 2 is 1.74 bits per heavy atom. The molecule has 0 unspecified atom stereocenters. The molecule has 1 aromatic heterocycles. The van der Waals surface area contributed by atoms with Gasteiger partial charge in [-0.25, -0.2) is 4.68 Å². The molecule has 7 nitrogen and oxygen atoms in total. The fourth-order valence-electron chi connectivity index (χ4n) is 4.98. The summed E-state index contributed by atoms with van der Waals surface area (Å²) < 4.78 is 8.19. The summed E-state index contributed by atoms with van der Waals surface area (Å²) in [6.07, 6.45) is 13.9. The van der Waals surface area contributed by atoms with E-state index in [2.05, 4.69) is 12.6 Å². The molecule has 1 aliphatic rings.